The van der Waals surface area contributed by atoms with Crippen LogP contribution in [0.4, 0.5) is 0 Å². The Morgan fingerprint density at radius 3 is 2.55 bits per heavy atom. The number of aryl methyl sites for hydroxylation is 1. The summed E-state index contributed by atoms with van der Waals surface area (Å²) in [5, 5.41) is 3.96. The molecule has 0 fully saturated rings. The van der Waals surface area contributed by atoms with E-state index in [0.717, 1.165) is 11.1 Å². The van der Waals surface area contributed by atoms with E-state index >= 15 is 0 Å². The Morgan fingerprint density at radius 1 is 1.09 bits per heavy atom. The highest BCUT2D eigenvalue weighted by molar-refractivity contribution is 5.95. The van der Waals surface area contributed by atoms with Crippen molar-refractivity contribution < 1.29 is 14.3 Å². The maximum atomic E-state index is 12.0. The van der Waals surface area contributed by atoms with E-state index < -0.39 is 0 Å². The van der Waals surface area contributed by atoms with E-state index in [4.69, 9.17) is 9.47 Å². The maximum absolute atomic E-state index is 12.0. The number of amides is 1. The zero-order valence-electron chi connectivity index (χ0n) is 12.8. The predicted molar refractivity (Wildman–Crippen MR) is 85.8 cm³/mol. The van der Waals surface area contributed by atoms with E-state index in [9.17, 15) is 4.79 Å². The van der Waals surface area contributed by atoms with Gasteiger partial charge < -0.3 is 9.47 Å². The van der Waals surface area contributed by atoms with Crippen molar-refractivity contribution in [2.24, 2.45) is 5.10 Å². The molecule has 1 amide bonds. The van der Waals surface area contributed by atoms with Gasteiger partial charge in [0.15, 0.2) is 11.5 Å². The lowest BCUT2D eigenvalue weighted by Gasteiger charge is -2.08. The molecule has 0 radical (unpaired) electrons. The van der Waals surface area contributed by atoms with Gasteiger partial charge in [0.2, 0.25) is 0 Å². The molecule has 22 heavy (non-hydrogen) atoms. The molecule has 5 nitrogen and oxygen atoms in total. The van der Waals surface area contributed by atoms with Crippen LogP contribution in [0.1, 0.15) is 21.5 Å². The quantitative estimate of drug-likeness (QED) is 0.682. The SMILES string of the molecule is COc1ccc(C(=O)N/N=C\c2cccc(C)c2)cc1OC. The van der Waals surface area contributed by atoms with E-state index in [-0.39, 0.29) is 5.91 Å². The molecule has 0 unspecified atom stereocenters. The normalized spacial score (nSPS) is 10.5. The number of hydrogen-bond donors (Lipinski definition) is 1. The molecule has 5 heteroatoms. The summed E-state index contributed by atoms with van der Waals surface area (Å²) in [5.74, 6) is 0.755. The zero-order chi connectivity index (χ0) is 15.9. The van der Waals surface area contributed by atoms with Crippen LogP contribution in [-0.2, 0) is 0 Å². The van der Waals surface area contributed by atoms with Crippen molar-refractivity contribution in [3.8, 4) is 11.5 Å². The number of ether oxygens (including phenoxy) is 2. The van der Waals surface area contributed by atoms with Crippen molar-refractivity contribution in [3.05, 3.63) is 59.2 Å². The van der Waals surface area contributed by atoms with Crippen LogP contribution in [0.2, 0.25) is 0 Å². The summed E-state index contributed by atoms with van der Waals surface area (Å²) in [6, 6.07) is 12.8. The number of nitrogens with zero attached hydrogens (tertiary/aromatic N) is 1. The van der Waals surface area contributed by atoms with Crippen LogP contribution >= 0.6 is 0 Å². The van der Waals surface area contributed by atoms with Crippen LogP contribution < -0.4 is 14.9 Å². The van der Waals surface area contributed by atoms with Crippen molar-refractivity contribution in [1.29, 1.82) is 0 Å². The van der Waals surface area contributed by atoms with Gasteiger partial charge >= 0.3 is 0 Å². The van der Waals surface area contributed by atoms with Crippen molar-refractivity contribution in [1.82, 2.24) is 5.43 Å². The smallest absolute Gasteiger partial charge is 0.271 e. The number of rotatable bonds is 5. The highest BCUT2D eigenvalue weighted by Crippen LogP contribution is 2.27. The van der Waals surface area contributed by atoms with Crippen LogP contribution in [-0.4, -0.2) is 26.3 Å². The average Bonchev–Trinajstić information content (AvgIpc) is 2.54. The molecular weight excluding hydrogens is 280 g/mol. The van der Waals surface area contributed by atoms with Crippen LogP contribution in [0.5, 0.6) is 11.5 Å². The van der Waals surface area contributed by atoms with Gasteiger partial charge in [-0.05, 0) is 30.7 Å². The lowest BCUT2D eigenvalue weighted by molar-refractivity contribution is 0.0954. The van der Waals surface area contributed by atoms with Crippen LogP contribution in [0.15, 0.2) is 47.6 Å². The van der Waals surface area contributed by atoms with Gasteiger partial charge in [-0.2, -0.15) is 5.10 Å². The molecule has 0 aliphatic carbocycles. The Balaban J connectivity index is 2.06. The first-order valence-electron chi connectivity index (χ1n) is 6.76. The first-order valence-corrected chi connectivity index (χ1v) is 6.76. The minimum Gasteiger partial charge on any atom is -0.493 e. The summed E-state index contributed by atoms with van der Waals surface area (Å²) < 4.78 is 10.3. The molecule has 0 bridgehead atoms. The summed E-state index contributed by atoms with van der Waals surface area (Å²) in [6.45, 7) is 2.00. The average molecular weight is 298 g/mol. The van der Waals surface area contributed by atoms with Crippen molar-refractivity contribution >= 4 is 12.1 Å². The predicted octanol–water partition coefficient (Wildman–Crippen LogP) is 2.78. The van der Waals surface area contributed by atoms with Crippen molar-refractivity contribution in [3.63, 3.8) is 0 Å². The number of hydrazone groups is 1. The summed E-state index contributed by atoms with van der Waals surface area (Å²) >= 11 is 0. The second-order valence-corrected chi connectivity index (χ2v) is 4.68. The van der Waals surface area contributed by atoms with Gasteiger partial charge in [0.1, 0.15) is 0 Å². The van der Waals surface area contributed by atoms with E-state index in [1.165, 1.54) is 7.11 Å². The third-order valence-corrected chi connectivity index (χ3v) is 3.07. The van der Waals surface area contributed by atoms with E-state index in [1.807, 2.05) is 31.2 Å². The first kappa shape index (κ1) is 15.6. The van der Waals surface area contributed by atoms with Gasteiger partial charge in [0, 0.05) is 5.56 Å². The standard InChI is InChI=1S/C17H18N2O3/c1-12-5-4-6-13(9-12)11-18-19-17(20)14-7-8-15(21-2)16(10-14)22-3/h4-11H,1-3H3,(H,19,20)/b18-11-. The second-order valence-electron chi connectivity index (χ2n) is 4.68. The monoisotopic (exact) mass is 298 g/mol. The highest BCUT2D eigenvalue weighted by Gasteiger charge is 2.09. The van der Waals surface area contributed by atoms with E-state index in [2.05, 4.69) is 10.5 Å². The number of carbonyl (C=O) groups is 1. The summed E-state index contributed by atoms with van der Waals surface area (Å²) in [7, 11) is 3.07. The van der Waals surface area contributed by atoms with Crippen LogP contribution in [0, 0.1) is 6.92 Å². The number of benzene rings is 2. The van der Waals surface area contributed by atoms with E-state index in [1.54, 1.807) is 31.5 Å². The summed E-state index contributed by atoms with van der Waals surface area (Å²) in [4.78, 5) is 12.0. The van der Waals surface area contributed by atoms with E-state index in [0.29, 0.717) is 17.1 Å². The van der Waals surface area contributed by atoms with Crippen LogP contribution in [0.3, 0.4) is 0 Å². The third-order valence-electron chi connectivity index (χ3n) is 3.07. The van der Waals surface area contributed by atoms with Gasteiger partial charge in [-0.15, -0.1) is 0 Å². The number of carbonyl (C=O) groups excluding carboxylic acids is 1. The Morgan fingerprint density at radius 2 is 1.86 bits per heavy atom. The Bertz CT molecular complexity index is 696. The highest BCUT2D eigenvalue weighted by atomic mass is 16.5. The van der Waals surface area contributed by atoms with Crippen molar-refractivity contribution in [2.75, 3.05) is 14.2 Å². The molecule has 114 valence electrons. The second kappa shape index (κ2) is 7.26. The number of nitrogens with one attached hydrogen (secondary N) is 1. The van der Waals surface area contributed by atoms with Gasteiger partial charge in [-0.25, -0.2) is 5.43 Å². The van der Waals surface area contributed by atoms with Gasteiger partial charge in [0.05, 0.1) is 20.4 Å². The Kier molecular flexibility index (Phi) is 5.14. The fourth-order valence-electron chi connectivity index (χ4n) is 1.96. The Hall–Kier alpha value is -2.82. The first-order chi connectivity index (χ1) is 10.6. The molecule has 0 atom stereocenters. The zero-order valence-corrected chi connectivity index (χ0v) is 12.8. The lowest BCUT2D eigenvalue weighted by atomic mass is 10.2. The van der Waals surface area contributed by atoms with Gasteiger partial charge in [-0.3, -0.25) is 4.79 Å². The molecule has 1 N–H and O–H groups in total. The third kappa shape index (κ3) is 3.85. The minimum atomic E-state index is -0.315. The largest absolute Gasteiger partial charge is 0.493 e. The summed E-state index contributed by atoms with van der Waals surface area (Å²) in [5.41, 5.74) is 4.99. The fraction of sp³-hybridized carbons (Fsp3) is 0.176. The lowest BCUT2D eigenvalue weighted by Crippen LogP contribution is -2.17. The number of hydrogen-bond acceptors (Lipinski definition) is 4. The molecule has 0 aliphatic heterocycles. The molecule has 0 aromatic heterocycles. The topological polar surface area (TPSA) is 59.9 Å². The Labute approximate surface area is 129 Å². The molecule has 0 aliphatic rings. The molecular formula is C17H18N2O3. The maximum Gasteiger partial charge on any atom is 0.271 e. The molecule has 2 rings (SSSR count). The molecule has 0 heterocycles. The fourth-order valence-corrected chi connectivity index (χ4v) is 1.96. The molecule has 0 saturated heterocycles. The minimum absolute atomic E-state index is 0.315. The molecule has 0 spiro atoms. The van der Waals surface area contributed by atoms with Crippen molar-refractivity contribution in [2.45, 2.75) is 6.92 Å². The molecule has 2 aromatic rings. The molecule has 2 aromatic carbocycles. The van der Waals surface area contributed by atoms with Crippen LogP contribution in [0.25, 0.3) is 0 Å². The summed E-state index contributed by atoms with van der Waals surface area (Å²) in [6.07, 6.45) is 1.60. The number of methoxy groups -OCH3 is 2. The van der Waals surface area contributed by atoms with Gasteiger partial charge in [0.25, 0.3) is 5.91 Å². The molecule has 0 saturated carbocycles. The van der Waals surface area contributed by atoms with Gasteiger partial charge in [-0.1, -0.05) is 29.8 Å².